The van der Waals surface area contributed by atoms with E-state index >= 15 is 0 Å². The minimum atomic E-state index is -0.401. The first-order valence-electron chi connectivity index (χ1n) is 5.67. The van der Waals surface area contributed by atoms with Crippen LogP contribution in [0.15, 0.2) is 0 Å². The van der Waals surface area contributed by atoms with E-state index in [2.05, 4.69) is 6.92 Å². The molecule has 0 N–H and O–H groups in total. The van der Waals surface area contributed by atoms with Crippen molar-refractivity contribution in [2.75, 3.05) is 5.75 Å². The summed E-state index contributed by atoms with van der Waals surface area (Å²) in [6, 6.07) is 0. The highest BCUT2D eigenvalue weighted by molar-refractivity contribution is 8.01. The van der Waals surface area contributed by atoms with Crippen molar-refractivity contribution in [2.24, 2.45) is 5.92 Å². The maximum absolute atomic E-state index is 6.39. The number of thioether (sulfide) groups is 1. The van der Waals surface area contributed by atoms with Gasteiger partial charge in [0.15, 0.2) is 0 Å². The zero-order chi connectivity index (χ0) is 10.2. The normalized spacial score (nSPS) is 39.2. The molecule has 2 rings (SSSR count). The molecule has 0 radical (unpaired) electrons. The number of hydrogen-bond acceptors (Lipinski definition) is 1. The molecule has 82 valence electrons. The third kappa shape index (κ3) is 1.60. The smallest absolute Gasteiger partial charge is 0.137 e. The highest BCUT2D eigenvalue weighted by Gasteiger charge is 2.75. The first-order chi connectivity index (χ1) is 6.65. The molecule has 0 aliphatic heterocycles. The van der Waals surface area contributed by atoms with Gasteiger partial charge in [-0.15, -0.1) is 0 Å². The second-order valence-electron chi connectivity index (χ2n) is 4.51. The summed E-state index contributed by atoms with van der Waals surface area (Å²) in [6.07, 6.45) is 7.68. The van der Waals surface area contributed by atoms with Gasteiger partial charge in [-0.3, -0.25) is 0 Å². The molecular formula is C11H18Cl2S. The van der Waals surface area contributed by atoms with Crippen LogP contribution in [0.2, 0.25) is 0 Å². The molecule has 0 bridgehead atoms. The maximum atomic E-state index is 6.39. The molecular weight excluding hydrogens is 235 g/mol. The lowest BCUT2D eigenvalue weighted by Gasteiger charge is -2.21. The molecule has 3 heteroatoms. The van der Waals surface area contributed by atoms with Crippen LogP contribution >= 0.6 is 35.0 Å². The predicted octanol–water partition coefficient (Wildman–Crippen LogP) is 4.64. The molecule has 2 atom stereocenters. The Labute approximate surface area is 101 Å². The Kier molecular flexibility index (Phi) is 3.32. The highest BCUT2D eigenvalue weighted by Crippen LogP contribution is 2.74. The third-order valence-electron chi connectivity index (χ3n) is 3.63. The van der Waals surface area contributed by atoms with Crippen molar-refractivity contribution in [1.29, 1.82) is 0 Å². The molecule has 0 nitrogen and oxygen atoms in total. The number of fused-ring (bicyclic) bond motifs is 1. The minimum Gasteiger partial charge on any atom is -0.152 e. The van der Waals surface area contributed by atoms with Crippen molar-refractivity contribution >= 4 is 35.0 Å². The van der Waals surface area contributed by atoms with Crippen molar-refractivity contribution in [3.05, 3.63) is 0 Å². The van der Waals surface area contributed by atoms with E-state index in [0.29, 0.717) is 5.92 Å². The molecule has 0 aromatic carbocycles. The van der Waals surface area contributed by atoms with E-state index in [0.717, 1.165) is 0 Å². The fourth-order valence-corrected chi connectivity index (χ4v) is 5.91. The fourth-order valence-electron chi connectivity index (χ4n) is 2.67. The van der Waals surface area contributed by atoms with E-state index in [-0.39, 0.29) is 4.75 Å². The van der Waals surface area contributed by atoms with Gasteiger partial charge in [0.2, 0.25) is 0 Å². The molecule has 2 unspecified atom stereocenters. The molecule has 0 amide bonds. The van der Waals surface area contributed by atoms with Crippen LogP contribution in [0, 0.1) is 5.92 Å². The molecule has 0 spiro atoms. The summed E-state index contributed by atoms with van der Waals surface area (Å²) in [7, 11) is 0. The lowest BCUT2D eigenvalue weighted by Crippen LogP contribution is -2.16. The fraction of sp³-hybridized carbons (Fsp3) is 1.00. The van der Waals surface area contributed by atoms with Gasteiger partial charge in [-0.25, -0.2) is 0 Å². The number of halogens is 2. The Morgan fingerprint density at radius 2 is 2.14 bits per heavy atom. The molecule has 0 aromatic rings. The number of alkyl halides is 2. The van der Waals surface area contributed by atoms with Gasteiger partial charge >= 0.3 is 0 Å². The minimum absolute atomic E-state index is 0.240. The first-order valence-corrected chi connectivity index (χ1v) is 7.41. The molecule has 2 aliphatic carbocycles. The Morgan fingerprint density at radius 3 is 2.79 bits per heavy atom. The highest BCUT2D eigenvalue weighted by atomic mass is 35.5. The average molecular weight is 253 g/mol. The number of unbranched alkanes of at least 4 members (excludes halogenated alkanes) is 1. The van der Waals surface area contributed by atoms with E-state index in [1.807, 2.05) is 11.8 Å². The zero-order valence-electron chi connectivity index (χ0n) is 8.69. The molecule has 0 saturated heterocycles. The second kappa shape index (κ2) is 4.07. The van der Waals surface area contributed by atoms with Gasteiger partial charge in [0.1, 0.15) is 4.33 Å². The van der Waals surface area contributed by atoms with Gasteiger partial charge in [0, 0.05) is 5.92 Å². The molecule has 2 saturated carbocycles. The molecule has 0 heterocycles. The van der Waals surface area contributed by atoms with Gasteiger partial charge in [-0.05, 0) is 25.0 Å². The van der Waals surface area contributed by atoms with Crippen molar-refractivity contribution in [3.63, 3.8) is 0 Å². The van der Waals surface area contributed by atoms with Crippen LogP contribution in [0.25, 0.3) is 0 Å². The largest absolute Gasteiger partial charge is 0.152 e. The summed E-state index contributed by atoms with van der Waals surface area (Å²) in [5.74, 6) is 1.81. The van der Waals surface area contributed by atoms with Crippen molar-refractivity contribution in [1.82, 2.24) is 0 Å². The van der Waals surface area contributed by atoms with Gasteiger partial charge < -0.3 is 0 Å². The van der Waals surface area contributed by atoms with E-state index in [1.165, 1.54) is 44.3 Å². The van der Waals surface area contributed by atoms with Gasteiger partial charge in [-0.1, -0.05) is 49.4 Å². The summed E-state index contributed by atoms with van der Waals surface area (Å²) in [4.78, 5) is 0. The number of hydrogen-bond donors (Lipinski definition) is 0. The van der Waals surface area contributed by atoms with E-state index in [9.17, 15) is 0 Å². The lowest BCUT2D eigenvalue weighted by molar-refractivity contribution is 0.503. The second-order valence-corrected chi connectivity index (χ2v) is 7.32. The molecule has 2 fully saturated rings. The lowest BCUT2D eigenvalue weighted by atomic mass is 10.0. The van der Waals surface area contributed by atoms with Crippen LogP contribution in [-0.2, 0) is 0 Å². The quantitative estimate of drug-likeness (QED) is 0.519. The van der Waals surface area contributed by atoms with Crippen LogP contribution in [0.3, 0.4) is 0 Å². The van der Waals surface area contributed by atoms with E-state index < -0.39 is 4.33 Å². The van der Waals surface area contributed by atoms with Crippen LogP contribution in [0.5, 0.6) is 0 Å². The molecule has 0 aromatic heterocycles. The Bertz CT molecular complexity index is 217. The summed E-state index contributed by atoms with van der Waals surface area (Å²) >= 11 is 14.8. The van der Waals surface area contributed by atoms with Gasteiger partial charge in [0.25, 0.3) is 0 Å². The van der Waals surface area contributed by atoms with Crippen LogP contribution < -0.4 is 0 Å². The topological polar surface area (TPSA) is 0 Å². The van der Waals surface area contributed by atoms with Crippen molar-refractivity contribution < 1.29 is 0 Å². The third-order valence-corrected chi connectivity index (χ3v) is 6.87. The maximum Gasteiger partial charge on any atom is 0.137 e. The van der Waals surface area contributed by atoms with Crippen LogP contribution in [0.1, 0.15) is 45.4 Å². The summed E-state index contributed by atoms with van der Waals surface area (Å²) in [5.41, 5.74) is 0. The Morgan fingerprint density at radius 1 is 1.36 bits per heavy atom. The van der Waals surface area contributed by atoms with Crippen LogP contribution in [0.4, 0.5) is 0 Å². The monoisotopic (exact) mass is 252 g/mol. The summed E-state index contributed by atoms with van der Waals surface area (Å²) < 4.78 is -0.161. The number of rotatable bonds is 4. The summed E-state index contributed by atoms with van der Waals surface area (Å²) in [6.45, 7) is 2.23. The molecule has 2 aliphatic rings. The standard InChI is InChI=1S/C11H18Cl2S/c1-2-3-8-14-10-7-5-4-6-9(10)11(10,12)13/h9H,2-8H2,1H3. The first kappa shape index (κ1) is 11.4. The Balaban J connectivity index is 1.93. The van der Waals surface area contributed by atoms with E-state index in [1.54, 1.807) is 0 Å². The predicted molar refractivity (Wildman–Crippen MR) is 66.5 cm³/mol. The van der Waals surface area contributed by atoms with Gasteiger partial charge in [-0.2, -0.15) is 11.8 Å². The van der Waals surface area contributed by atoms with Crippen LogP contribution in [-0.4, -0.2) is 14.8 Å². The van der Waals surface area contributed by atoms with E-state index in [4.69, 9.17) is 23.2 Å². The molecule has 14 heavy (non-hydrogen) atoms. The Hall–Kier alpha value is 0.930. The average Bonchev–Trinajstić information content (AvgIpc) is 2.66. The zero-order valence-corrected chi connectivity index (χ0v) is 11.0. The van der Waals surface area contributed by atoms with Crippen molar-refractivity contribution in [2.45, 2.75) is 54.5 Å². The summed E-state index contributed by atoms with van der Waals surface area (Å²) in [5, 5.41) is 0. The van der Waals surface area contributed by atoms with Gasteiger partial charge in [0.05, 0.1) is 4.75 Å². The SMILES string of the molecule is CCCCSC12CCCCC1C2(Cl)Cl. The van der Waals surface area contributed by atoms with Crippen molar-refractivity contribution in [3.8, 4) is 0 Å².